The van der Waals surface area contributed by atoms with Crippen molar-refractivity contribution >= 4 is 17.9 Å². The summed E-state index contributed by atoms with van der Waals surface area (Å²) < 4.78 is 16.5. The summed E-state index contributed by atoms with van der Waals surface area (Å²) in [5.41, 5.74) is 0. The molecule has 0 aliphatic carbocycles. The van der Waals surface area contributed by atoms with E-state index in [1.165, 1.54) is 0 Å². The van der Waals surface area contributed by atoms with E-state index < -0.39 is 24.0 Å². The number of carbonyl (C=O) groups excluding carboxylic acids is 3. The number of unbranched alkanes of at least 4 members (excludes halogenated alkanes) is 3. The number of allylic oxidation sites excluding steroid dienone is 27. The first kappa shape index (κ1) is 59.8. The van der Waals surface area contributed by atoms with E-state index in [2.05, 4.69) is 167 Å². The van der Waals surface area contributed by atoms with E-state index in [0.717, 1.165) is 109 Å². The minimum atomic E-state index is -0.870. The topological polar surface area (TPSA) is 78.9 Å². The molecule has 0 aromatic rings. The lowest BCUT2D eigenvalue weighted by molar-refractivity contribution is -0.166. The van der Waals surface area contributed by atoms with Gasteiger partial charge in [-0.15, -0.1) is 0 Å². The molecule has 0 saturated heterocycles. The van der Waals surface area contributed by atoms with Crippen LogP contribution in [0.25, 0.3) is 0 Å². The Morgan fingerprint density at radius 3 is 1.03 bits per heavy atom. The zero-order valence-electron chi connectivity index (χ0n) is 40.7. The molecule has 0 amide bonds. The van der Waals surface area contributed by atoms with Crippen LogP contribution in [0.3, 0.4) is 0 Å². The van der Waals surface area contributed by atoms with Crippen molar-refractivity contribution in [3.8, 4) is 0 Å². The van der Waals surface area contributed by atoms with E-state index in [-0.39, 0.29) is 32.5 Å². The van der Waals surface area contributed by atoms with Crippen LogP contribution in [-0.4, -0.2) is 37.2 Å². The minimum Gasteiger partial charge on any atom is -0.462 e. The van der Waals surface area contributed by atoms with Crippen molar-refractivity contribution in [2.75, 3.05) is 13.2 Å². The molecule has 0 rings (SSSR count). The molecule has 358 valence electrons. The van der Waals surface area contributed by atoms with Crippen LogP contribution < -0.4 is 0 Å². The summed E-state index contributed by atoms with van der Waals surface area (Å²) in [6, 6.07) is 0. The molecule has 0 spiro atoms. The zero-order valence-corrected chi connectivity index (χ0v) is 40.7. The highest BCUT2D eigenvalue weighted by atomic mass is 16.6. The Balaban J connectivity index is 4.61. The molecule has 0 bridgehead atoms. The maximum atomic E-state index is 12.8. The summed E-state index contributed by atoms with van der Waals surface area (Å²) in [6.07, 6.45) is 76.7. The molecule has 0 N–H and O–H groups in total. The zero-order chi connectivity index (χ0) is 47.2. The van der Waals surface area contributed by atoms with Gasteiger partial charge in [0.25, 0.3) is 0 Å². The van der Waals surface area contributed by atoms with Gasteiger partial charge in [0.05, 0.1) is 6.42 Å². The number of esters is 3. The van der Waals surface area contributed by atoms with E-state index >= 15 is 0 Å². The average Bonchev–Trinajstić information content (AvgIpc) is 3.30. The van der Waals surface area contributed by atoms with Crippen molar-refractivity contribution in [2.45, 2.75) is 168 Å². The third-order valence-electron chi connectivity index (χ3n) is 9.24. The number of hydrogen-bond acceptors (Lipinski definition) is 6. The highest BCUT2D eigenvalue weighted by Gasteiger charge is 2.19. The van der Waals surface area contributed by atoms with Crippen LogP contribution in [0, 0.1) is 0 Å². The SMILES string of the molecule is CC/C=C\C/C=C\C/C=C\C/C=C\C/C=C\C/C=C\CCC(=O)OCC(COC(=O)C/C=C\C/C=C\C/C=C\CC)OC(=O)CCCCC/C=C\C/C=C\C/C=C\C/C=C\C/C=C\CC. The Bertz CT molecular complexity index is 1590. The lowest BCUT2D eigenvalue weighted by Gasteiger charge is -2.18. The summed E-state index contributed by atoms with van der Waals surface area (Å²) in [4.78, 5) is 37.8. The molecule has 0 aromatic carbocycles. The van der Waals surface area contributed by atoms with Crippen molar-refractivity contribution < 1.29 is 28.6 Å². The van der Waals surface area contributed by atoms with Gasteiger partial charge in [-0.3, -0.25) is 14.4 Å². The first-order valence-corrected chi connectivity index (χ1v) is 24.6. The van der Waals surface area contributed by atoms with E-state index in [0.29, 0.717) is 12.8 Å². The summed E-state index contributed by atoms with van der Waals surface area (Å²) in [7, 11) is 0. The quantitative estimate of drug-likeness (QED) is 0.0263. The lowest BCUT2D eigenvalue weighted by Crippen LogP contribution is -2.30. The Morgan fingerprint density at radius 2 is 0.646 bits per heavy atom. The van der Waals surface area contributed by atoms with Crippen LogP contribution >= 0.6 is 0 Å². The molecule has 0 saturated carbocycles. The molecular formula is C59H86O6. The van der Waals surface area contributed by atoms with Crippen molar-refractivity contribution in [1.29, 1.82) is 0 Å². The second-order valence-electron chi connectivity index (χ2n) is 15.2. The van der Waals surface area contributed by atoms with Gasteiger partial charge in [-0.1, -0.05) is 197 Å². The molecule has 0 aliphatic rings. The molecule has 6 nitrogen and oxygen atoms in total. The molecule has 1 atom stereocenters. The van der Waals surface area contributed by atoms with Gasteiger partial charge in [-0.25, -0.2) is 0 Å². The monoisotopic (exact) mass is 891 g/mol. The van der Waals surface area contributed by atoms with Gasteiger partial charge >= 0.3 is 17.9 Å². The first-order valence-electron chi connectivity index (χ1n) is 24.6. The predicted molar refractivity (Wildman–Crippen MR) is 278 cm³/mol. The fourth-order valence-corrected chi connectivity index (χ4v) is 5.67. The van der Waals surface area contributed by atoms with Crippen molar-refractivity contribution in [2.24, 2.45) is 0 Å². The predicted octanol–water partition coefficient (Wildman–Crippen LogP) is 16.4. The van der Waals surface area contributed by atoms with Gasteiger partial charge in [-0.2, -0.15) is 0 Å². The van der Waals surface area contributed by atoms with Gasteiger partial charge in [0.2, 0.25) is 0 Å². The largest absolute Gasteiger partial charge is 0.462 e. The van der Waals surface area contributed by atoms with E-state index in [1.54, 1.807) is 6.08 Å². The maximum Gasteiger partial charge on any atom is 0.309 e. The standard InChI is InChI=1S/C59H86O6/c1-4-7-10-13-16-19-21-23-25-27-29-31-33-35-37-40-43-46-49-52-58(61)64-55-56(54-63-57(60)51-48-45-42-39-18-15-12-9-6-3)65-59(62)53-50-47-44-41-38-36-34-32-30-28-26-24-22-20-17-14-11-8-5-2/h7-12,16-20,23-26,29-32,35-39,43,45-46,48,56H,4-6,13-15,21-22,27-28,33-34,40-42,44,47,49-55H2,1-3H3/b10-7-,11-8-,12-9-,19-16-,20-17-,25-23-,26-24-,31-29-,32-30-,37-35-,38-36-,39-18-,46-43-,48-45-. The third kappa shape index (κ3) is 49.6. The molecule has 65 heavy (non-hydrogen) atoms. The molecule has 0 heterocycles. The van der Waals surface area contributed by atoms with Crippen molar-refractivity contribution in [1.82, 2.24) is 0 Å². The van der Waals surface area contributed by atoms with Gasteiger partial charge < -0.3 is 14.2 Å². The van der Waals surface area contributed by atoms with Gasteiger partial charge in [-0.05, 0) is 116 Å². The van der Waals surface area contributed by atoms with Crippen LogP contribution in [0.5, 0.6) is 0 Å². The van der Waals surface area contributed by atoms with Crippen molar-refractivity contribution in [3.63, 3.8) is 0 Å². The normalized spacial score (nSPS) is 13.6. The van der Waals surface area contributed by atoms with Gasteiger partial charge in [0.15, 0.2) is 6.10 Å². The Kier molecular flexibility index (Phi) is 47.3. The number of ether oxygens (including phenoxy) is 3. The lowest BCUT2D eigenvalue weighted by atomic mass is 10.1. The fraction of sp³-hybridized carbons (Fsp3) is 0.475. The smallest absolute Gasteiger partial charge is 0.309 e. The van der Waals surface area contributed by atoms with Crippen LogP contribution in [-0.2, 0) is 28.6 Å². The summed E-state index contributed by atoms with van der Waals surface area (Å²) in [6.45, 7) is 6.06. The maximum absolute atomic E-state index is 12.8. The molecule has 6 heteroatoms. The Labute approximate surface area is 396 Å². The van der Waals surface area contributed by atoms with Crippen LogP contribution in [0.1, 0.15) is 162 Å². The van der Waals surface area contributed by atoms with E-state index in [1.807, 2.05) is 18.2 Å². The highest BCUT2D eigenvalue weighted by Crippen LogP contribution is 2.09. The summed E-state index contributed by atoms with van der Waals surface area (Å²) in [5, 5.41) is 0. The Morgan fingerprint density at radius 1 is 0.323 bits per heavy atom. The molecular weight excluding hydrogens is 805 g/mol. The number of carbonyl (C=O) groups is 3. The average molecular weight is 891 g/mol. The van der Waals surface area contributed by atoms with E-state index in [4.69, 9.17) is 14.2 Å². The van der Waals surface area contributed by atoms with E-state index in [9.17, 15) is 14.4 Å². The summed E-state index contributed by atoms with van der Waals surface area (Å²) in [5.74, 6) is -1.22. The van der Waals surface area contributed by atoms with Gasteiger partial charge in [0, 0.05) is 12.8 Å². The number of rotatable bonds is 41. The third-order valence-corrected chi connectivity index (χ3v) is 9.24. The molecule has 0 radical (unpaired) electrons. The van der Waals surface area contributed by atoms with Crippen LogP contribution in [0.2, 0.25) is 0 Å². The van der Waals surface area contributed by atoms with Crippen LogP contribution in [0.15, 0.2) is 170 Å². The summed E-state index contributed by atoms with van der Waals surface area (Å²) >= 11 is 0. The second-order valence-corrected chi connectivity index (χ2v) is 15.2. The molecule has 1 unspecified atom stereocenters. The Hall–Kier alpha value is -5.23. The van der Waals surface area contributed by atoms with Crippen molar-refractivity contribution in [3.05, 3.63) is 170 Å². The first-order chi connectivity index (χ1) is 32.0. The van der Waals surface area contributed by atoms with Crippen LogP contribution in [0.4, 0.5) is 0 Å². The second kappa shape index (κ2) is 51.4. The fourth-order valence-electron chi connectivity index (χ4n) is 5.67. The van der Waals surface area contributed by atoms with Gasteiger partial charge in [0.1, 0.15) is 13.2 Å². The highest BCUT2D eigenvalue weighted by molar-refractivity contribution is 5.72. The molecule has 0 aliphatic heterocycles. The molecule has 0 fully saturated rings. The minimum absolute atomic E-state index is 0.105. The number of hydrogen-bond donors (Lipinski definition) is 0. The molecule has 0 aromatic heterocycles.